The Bertz CT molecular complexity index is 455. The van der Waals surface area contributed by atoms with E-state index in [9.17, 15) is 0 Å². The van der Waals surface area contributed by atoms with Gasteiger partial charge in [0.2, 0.25) is 0 Å². The summed E-state index contributed by atoms with van der Waals surface area (Å²) < 4.78 is 5.46. The lowest BCUT2D eigenvalue weighted by molar-refractivity contribution is 0.146. The Morgan fingerprint density at radius 3 is 2.79 bits per heavy atom. The molecular formula is C15H23N3O. The molecule has 4 heteroatoms. The number of nitrogens with two attached hydrogens (primary N) is 1. The van der Waals surface area contributed by atoms with Gasteiger partial charge in [0.25, 0.3) is 0 Å². The molecule has 0 bridgehead atoms. The second-order valence-corrected chi connectivity index (χ2v) is 5.52. The van der Waals surface area contributed by atoms with Crippen LogP contribution in [0.1, 0.15) is 24.0 Å². The third-order valence-electron chi connectivity index (χ3n) is 4.48. The second kappa shape index (κ2) is 5.39. The van der Waals surface area contributed by atoms with Gasteiger partial charge in [-0.05, 0) is 50.0 Å². The van der Waals surface area contributed by atoms with Crippen molar-refractivity contribution < 1.29 is 4.74 Å². The molecular weight excluding hydrogens is 238 g/mol. The average Bonchev–Trinajstić information content (AvgIpc) is 2.48. The van der Waals surface area contributed by atoms with Crippen LogP contribution >= 0.6 is 0 Å². The van der Waals surface area contributed by atoms with Crippen LogP contribution in [0.5, 0.6) is 5.75 Å². The first-order chi connectivity index (χ1) is 9.29. The summed E-state index contributed by atoms with van der Waals surface area (Å²) in [5.74, 6) is 0.995. The highest BCUT2D eigenvalue weighted by Crippen LogP contribution is 2.33. The lowest BCUT2D eigenvalue weighted by Gasteiger charge is -2.38. The van der Waals surface area contributed by atoms with Gasteiger partial charge in [-0.3, -0.25) is 4.90 Å². The van der Waals surface area contributed by atoms with Gasteiger partial charge in [0.15, 0.2) is 0 Å². The monoisotopic (exact) mass is 261 g/mol. The van der Waals surface area contributed by atoms with Crippen molar-refractivity contribution in [2.75, 3.05) is 32.5 Å². The number of nitrogens with zero attached hydrogens (tertiary/aromatic N) is 1. The van der Waals surface area contributed by atoms with Crippen molar-refractivity contribution in [3.63, 3.8) is 0 Å². The molecule has 0 spiro atoms. The number of hydrogen-bond acceptors (Lipinski definition) is 4. The Morgan fingerprint density at radius 1 is 1.26 bits per heavy atom. The van der Waals surface area contributed by atoms with Gasteiger partial charge in [-0.25, -0.2) is 0 Å². The first kappa shape index (κ1) is 12.8. The van der Waals surface area contributed by atoms with E-state index in [0.29, 0.717) is 6.04 Å². The summed E-state index contributed by atoms with van der Waals surface area (Å²) in [6.45, 7) is 4.38. The minimum atomic E-state index is 0.708. The van der Waals surface area contributed by atoms with E-state index in [0.717, 1.165) is 44.0 Å². The molecule has 4 nitrogen and oxygen atoms in total. The first-order valence-corrected chi connectivity index (χ1v) is 7.18. The quantitative estimate of drug-likeness (QED) is 0.790. The van der Waals surface area contributed by atoms with Crippen LogP contribution in [0.3, 0.4) is 0 Å². The largest absolute Gasteiger partial charge is 0.496 e. The Morgan fingerprint density at radius 2 is 2.05 bits per heavy atom. The molecule has 0 unspecified atom stereocenters. The van der Waals surface area contributed by atoms with Crippen molar-refractivity contribution in [1.82, 2.24) is 10.2 Å². The van der Waals surface area contributed by atoms with Gasteiger partial charge in [-0.1, -0.05) is 0 Å². The van der Waals surface area contributed by atoms with Crippen molar-refractivity contribution in [2.24, 2.45) is 0 Å². The Hall–Kier alpha value is -1.26. The van der Waals surface area contributed by atoms with Gasteiger partial charge >= 0.3 is 0 Å². The molecule has 3 N–H and O–H groups in total. The maximum Gasteiger partial charge on any atom is 0.122 e. The molecule has 0 amide bonds. The van der Waals surface area contributed by atoms with E-state index < -0.39 is 0 Å². The van der Waals surface area contributed by atoms with Crippen molar-refractivity contribution in [1.29, 1.82) is 0 Å². The number of methoxy groups -OCH3 is 1. The molecule has 1 saturated heterocycles. The topological polar surface area (TPSA) is 50.5 Å². The summed E-state index contributed by atoms with van der Waals surface area (Å²) in [7, 11) is 1.74. The van der Waals surface area contributed by atoms with Crippen molar-refractivity contribution >= 4 is 5.69 Å². The number of ether oxygens (including phenoxy) is 1. The third kappa shape index (κ3) is 2.42. The molecule has 0 saturated carbocycles. The number of nitrogens with one attached hydrogen (secondary N) is 1. The molecule has 0 aromatic heterocycles. The Balaban J connectivity index is 1.82. The van der Waals surface area contributed by atoms with Crippen LogP contribution in [0.15, 0.2) is 12.1 Å². The Labute approximate surface area is 114 Å². The summed E-state index contributed by atoms with van der Waals surface area (Å²) in [5.41, 5.74) is 9.67. The molecule has 1 aromatic carbocycles. The predicted octanol–water partition coefficient (Wildman–Crippen LogP) is 1.39. The SMILES string of the molecule is COc1ccc(N)c2c1CCN(C1CCNCC1)C2. The van der Waals surface area contributed by atoms with Crippen LogP contribution in [0.25, 0.3) is 0 Å². The minimum absolute atomic E-state index is 0.708. The summed E-state index contributed by atoms with van der Waals surface area (Å²) in [6, 6.07) is 4.68. The van der Waals surface area contributed by atoms with E-state index in [1.54, 1.807) is 7.11 Å². The van der Waals surface area contributed by atoms with Crippen LogP contribution in [0.2, 0.25) is 0 Å². The summed E-state index contributed by atoms with van der Waals surface area (Å²) in [4.78, 5) is 2.60. The second-order valence-electron chi connectivity index (χ2n) is 5.52. The molecule has 1 aromatic rings. The maximum atomic E-state index is 6.16. The standard InChI is InChI=1S/C15H23N3O/c1-19-15-3-2-14(16)13-10-18(9-6-12(13)15)11-4-7-17-8-5-11/h2-3,11,17H,4-10,16H2,1H3. The van der Waals surface area contributed by atoms with E-state index in [1.807, 2.05) is 12.1 Å². The first-order valence-electron chi connectivity index (χ1n) is 7.18. The summed E-state index contributed by atoms with van der Waals surface area (Å²) >= 11 is 0. The molecule has 0 radical (unpaired) electrons. The van der Waals surface area contributed by atoms with E-state index in [4.69, 9.17) is 10.5 Å². The molecule has 3 rings (SSSR count). The summed E-state index contributed by atoms with van der Waals surface area (Å²) in [5, 5.41) is 3.43. The number of nitrogen functional groups attached to an aromatic ring is 1. The number of benzene rings is 1. The number of piperidine rings is 1. The van der Waals surface area contributed by atoms with Gasteiger partial charge in [-0.2, -0.15) is 0 Å². The van der Waals surface area contributed by atoms with Gasteiger partial charge in [0.1, 0.15) is 5.75 Å². The molecule has 19 heavy (non-hydrogen) atoms. The predicted molar refractivity (Wildman–Crippen MR) is 77.4 cm³/mol. The molecule has 2 heterocycles. The van der Waals surface area contributed by atoms with E-state index in [-0.39, 0.29) is 0 Å². The highest BCUT2D eigenvalue weighted by molar-refractivity contribution is 5.57. The number of hydrogen-bond donors (Lipinski definition) is 2. The number of anilines is 1. The zero-order valence-electron chi connectivity index (χ0n) is 11.6. The molecule has 2 aliphatic rings. The minimum Gasteiger partial charge on any atom is -0.496 e. The van der Waals surface area contributed by atoms with Crippen LogP contribution in [-0.2, 0) is 13.0 Å². The Kier molecular flexibility index (Phi) is 3.62. The van der Waals surface area contributed by atoms with E-state index in [2.05, 4.69) is 10.2 Å². The van der Waals surface area contributed by atoms with E-state index in [1.165, 1.54) is 24.0 Å². The molecule has 1 fully saturated rings. The number of fused-ring (bicyclic) bond motifs is 1. The fourth-order valence-corrected chi connectivity index (χ4v) is 3.36. The lowest BCUT2D eigenvalue weighted by atomic mass is 9.94. The van der Waals surface area contributed by atoms with Gasteiger partial charge < -0.3 is 15.8 Å². The van der Waals surface area contributed by atoms with Crippen LogP contribution in [0.4, 0.5) is 5.69 Å². The fourth-order valence-electron chi connectivity index (χ4n) is 3.36. The smallest absolute Gasteiger partial charge is 0.122 e. The van der Waals surface area contributed by atoms with Crippen molar-refractivity contribution in [3.8, 4) is 5.75 Å². The van der Waals surface area contributed by atoms with Crippen LogP contribution in [0, 0.1) is 0 Å². The number of rotatable bonds is 2. The molecule has 104 valence electrons. The van der Waals surface area contributed by atoms with Crippen LogP contribution < -0.4 is 15.8 Å². The molecule has 0 aliphatic carbocycles. The fraction of sp³-hybridized carbons (Fsp3) is 0.600. The average molecular weight is 261 g/mol. The molecule has 0 atom stereocenters. The van der Waals surface area contributed by atoms with Crippen molar-refractivity contribution in [3.05, 3.63) is 23.3 Å². The van der Waals surface area contributed by atoms with Gasteiger partial charge in [-0.15, -0.1) is 0 Å². The zero-order chi connectivity index (χ0) is 13.2. The van der Waals surface area contributed by atoms with Crippen molar-refractivity contribution in [2.45, 2.75) is 31.8 Å². The molecule has 2 aliphatic heterocycles. The van der Waals surface area contributed by atoms with Crippen LogP contribution in [-0.4, -0.2) is 37.7 Å². The van der Waals surface area contributed by atoms with Gasteiger partial charge in [0.05, 0.1) is 7.11 Å². The normalized spacial score (nSPS) is 21.1. The highest BCUT2D eigenvalue weighted by Gasteiger charge is 2.27. The third-order valence-corrected chi connectivity index (χ3v) is 4.48. The lowest BCUT2D eigenvalue weighted by Crippen LogP contribution is -2.45. The van der Waals surface area contributed by atoms with E-state index >= 15 is 0 Å². The maximum absolute atomic E-state index is 6.16. The van der Waals surface area contributed by atoms with Gasteiger partial charge in [0, 0.05) is 30.4 Å². The highest BCUT2D eigenvalue weighted by atomic mass is 16.5. The zero-order valence-corrected chi connectivity index (χ0v) is 11.6. The summed E-state index contributed by atoms with van der Waals surface area (Å²) in [6.07, 6.45) is 3.55.